The second-order valence-electron chi connectivity index (χ2n) is 4.25. The van der Waals surface area contributed by atoms with Crippen molar-refractivity contribution >= 4 is 33.2 Å². The average Bonchev–Trinajstić information content (AvgIpc) is 2.68. The second kappa shape index (κ2) is 5.48. The quantitative estimate of drug-likeness (QED) is 0.924. The van der Waals surface area contributed by atoms with Crippen LogP contribution in [-0.2, 0) is 4.79 Å². The highest BCUT2D eigenvalue weighted by Gasteiger charge is 2.30. The lowest BCUT2D eigenvalue weighted by atomic mass is 10.2. The monoisotopic (exact) mass is 318 g/mol. The highest BCUT2D eigenvalue weighted by molar-refractivity contribution is 9.10. The Bertz CT molecular complexity index is 402. The fourth-order valence-corrected chi connectivity index (χ4v) is 3.58. The van der Waals surface area contributed by atoms with Crippen LogP contribution < -0.4 is 0 Å². The molecule has 4 nitrogen and oxygen atoms in total. The van der Waals surface area contributed by atoms with E-state index in [4.69, 9.17) is 0 Å². The van der Waals surface area contributed by atoms with Gasteiger partial charge in [-0.1, -0.05) is 0 Å². The summed E-state index contributed by atoms with van der Waals surface area (Å²) in [4.78, 5) is 16.6. The maximum atomic E-state index is 11.4. The molecule has 0 saturated carbocycles. The lowest BCUT2D eigenvalue weighted by molar-refractivity contribution is -0.144. The Labute approximate surface area is 113 Å². The van der Waals surface area contributed by atoms with E-state index in [9.17, 15) is 9.90 Å². The first kappa shape index (κ1) is 13.0. The number of piperazine rings is 1. The lowest BCUT2D eigenvalue weighted by Crippen LogP contribution is -2.47. The summed E-state index contributed by atoms with van der Waals surface area (Å²) >= 11 is 4.87. The van der Waals surface area contributed by atoms with Crippen LogP contribution in [0, 0.1) is 0 Å². The van der Waals surface area contributed by atoms with Crippen LogP contribution in [0.2, 0.25) is 0 Å². The third-order valence-corrected chi connectivity index (χ3v) is 4.74. The van der Waals surface area contributed by atoms with E-state index in [0.29, 0.717) is 0 Å². The van der Waals surface area contributed by atoms with Crippen molar-refractivity contribution in [3.63, 3.8) is 0 Å². The Morgan fingerprint density at radius 1 is 1.47 bits per heavy atom. The smallest absolute Gasteiger partial charge is 0.326 e. The molecule has 1 unspecified atom stereocenters. The van der Waals surface area contributed by atoms with E-state index in [-0.39, 0.29) is 0 Å². The lowest BCUT2D eigenvalue weighted by Gasteiger charge is -2.35. The summed E-state index contributed by atoms with van der Waals surface area (Å²) in [5, 5.41) is 11.3. The van der Waals surface area contributed by atoms with Gasteiger partial charge in [-0.2, -0.15) is 0 Å². The van der Waals surface area contributed by atoms with Crippen molar-refractivity contribution < 1.29 is 9.90 Å². The summed E-state index contributed by atoms with van der Waals surface area (Å²) in [5.41, 5.74) is 0. The van der Waals surface area contributed by atoms with Gasteiger partial charge in [0.05, 0.1) is 0 Å². The molecule has 1 aliphatic rings. The molecule has 1 aromatic heterocycles. The zero-order valence-electron chi connectivity index (χ0n) is 9.60. The average molecular weight is 319 g/mol. The molecular formula is C11H15BrN2O2S. The predicted molar refractivity (Wildman–Crippen MR) is 71.5 cm³/mol. The Balaban J connectivity index is 2.15. The van der Waals surface area contributed by atoms with Crippen molar-refractivity contribution in [2.45, 2.75) is 6.04 Å². The first-order valence-electron chi connectivity index (χ1n) is 5.47. The van der Waals surface area contributed by atoms with Crippen LogP contribution in [0.5, 0.6) is 0 Å². The Morgan fingerprint density at radius 3 is 2.59 bits per heavy atom. The normalized spacial score (nSPS) is 20.4. The molecule has 6 heteroatoms. The van der Waals surface area contributed by atoms with E-state index in [1.54, 1.807) is 0 Å². The van der Waals surface area contributed by atoms with Gasteiger partial charge < -0.3 is 10.0 Å². The number of nitrogens with zero attached hydrogens (tertiary/aromatic N) is 2. The van der Waals surface area contributed by atoms with Gasteiger partial charge in [-0.05, 0) is 29.0 Å². The molecule has 1 atom stereocenters. The number of likely N-dealkylation sites (N-methyl/N-ethyl adjacent to an activating group) is 1. The Morgan fingerprint density at radius 2 is 2.12 bits per heavy atom. The van der Waals surface area contributed by atoms with Crippen LogP contribution in [0.1, 0.15) is 10.9 Å². The van der Waals surface area contributed by atoms with Crippen LogP contribution in [0.3, 0.4) is 0 Å². The van der Waals surface area contributed by atoms with Crippen molar-refractivity contribution in [3.05, 3.63) is 20.8 Å². The van der Waals surface area contributed by atoms with Gasteiger partial charge in [0.25, 0.3) is 0 Å². The van der Waals surface area contributed by atoms with Gasteiger partial charge in [0.2, 0.25) is 0 Å². The molecule has 17 heavy (non-hydrogen) atoms. The van der Waals surface area contributed by atoms with Gasteiger partial charge in [-0.3, -0.25) is 9.69 Å². The molecule has 0 spiro atoms. The summed E-state index contributed by atoms with van der Waals surface area (Å²) in [6.07, 6.45) is 0. The van der Waals surface area contributed by atoms with E-state index >= 15 is 0 Å². The van der Waals surface area contributed by atoms with E-state index in [1.807, 2.05) is 16.3 Å². The molecule has 0 radical (unpaired) electrons. The summed E-state index contributed by atoms with van der Waals surface area (Å²) < 4.78 is 0.956. The van der Waals surface area contributed by atoms with E-state index in [0.717, 1.165) is 35.5 Å². The van der Waals surface area contributed by atoms with E-state index < -0.39 is 12.0 Å². The van der Waals surface area contributed by atoms with Crippen molar-refractivity contribution in [2.24, 2.45) is 0 Å². The zero-order chi connectivity index (χ0) is 12.4. The van der Waals surface area contributed by atoms with E-state index in [1.165, 1.54) is 11.3 Å². The molecule has 1 aromatic rings. The molecule has 1 saturated heterocycles. The number of hydrogen-bond acceptors (Lipinski definition) is 4. The fourth-order valence-electron chi connectivity index (χ4n) is 2.01. The van der Waals surface area contributed by atoms with Crippen molar-refractivity contribution in [2.75, 3.05) is 33.2 Å². The Kier molecular flexibility index (Phi) is 4.19. The topological polar surface area (TPSA) is 43.8 Å². The first-order valence-corrected chi connectivity index (χ1v) is 7.14. The molecule has 1 N–H and O–H groups in total. The minimum absolute atomic E-state index is 0.500. The molecule has 2 rings (SSSR count). The SMILES string of the molecule is CN1CCN(C(C(=O)O)c2cc(Br)cs2)CC1. The second-order valence-corrected chi connectivity index (χ2v) is 6.11. The minimum atomic E-state index is -0.760. The number of thiophene rings is 1. The maximum absolute atomic E-state index is 11.4. The third kappa shape index (κ3) is 3.07. The van der Waals surface area contributed by atoms with Crippen LogP contribution in [0.15, 0.2) is 15.9 Å². The fraction of sp³-hybridized carbons (Fsp3) is 0.545. The van der Waals surface area contributed by atoms with Crippen molar-refractivity contribution in [1.29, 1.82) is 0 Å². The van der Waals surface area contributed by atoms with Gasteiger partial charge in [0.15, 0.2) is 0 Å². The highest BCUT2D eigenvalue weighted by Crippen LogP contribution is 2.30. The van der Waals surface area contributed by atoms with Crippen molar-refractivity contribution in [3.8, 4) is 0 Å². The maximum Gasteiger partial charge on any atom is 0.326 e. The molecule has 0 aromatic carbocycles. The van der Waals surface area contributed by atoms with Gasteiger partial charge in [0, 0.05) is 40.9 Å². The highest BCUT2D eigenvalue weighted by atomic mass is 79.9. The number of carboxylic acid groups (broad SMARTS) is 1. The van der Waals surface area contributed by atoms with Crippen LogP contribution in [-0.4, -0.2) is 54.1 Å². The summed E-state index contributed by atoms with van der Waals surface area (Å²) in [7, 11) is 2.06. The number of hydrogen-bond donors (Lipinski definition) is 1. The number of carboxylic acids is 1. The zero-order valence-corrected chi connectivity index (χ0v) is 12.0. The molecule has 2 heterocycles. The van der Waals surface area contributed by atoms with Gasteiger partial charge in [-0.25, -0.2) is 0 Å². The first-order chi connectivity index (χ1) is 8.08. The molecule has 0 aliphatic carbocycles. The third-order valence-electron chi connectivity index (χ3n) is 2.99. The standard InChI is InChI=1S/C11H15BrN2O2S/c1-13-2-4-14(5-3-13)10(11(15)16)9-6-8(12)7-17-9/h6-7,10H,2-5H2,1H3,(H,15,16). The number of carbonyl (C=O) groups is 1. The summed E-state index contributed by atoms with van der Waals surface area (Å²) in [6, 6.07) is 1.40. The number of rotatable bonds is 3. The van der Waals surface area contributed by atoms with Gasteiger partial charge in [0.1, 0.15) is 6.04 Å². The summed E-state index contributed by atoms with van der Waals surface area (Å²) in [6.45, 7) is 3.47. The number of aliphatic carboxylic acids is 1. The van der Waals surface area contributed by atoms with Crippen LogP contribution in [0.25, 0.3) is 0 Å². The molecule has 0 amide bonds. The van der Waals surface area contributed by atoms with Gasteiger partial charge in [-0.15, -0.1) is 11.3 Å². The Hall–Kier alpha value is -0.430. The minimum Gasteiger partial charge on any atom is -0.480 e. The molecule has 1 fully saturated rings. The predicted octanol–water partition coefficient (Wildman–Crippen LogP) is 1.88. The number of halogens is 1. The van der Waals surface area contributed by atoms with Crippen LogP contribution in [0.4, 0.5) is 0 Å². The molecule has 1 aliphatic heterocycles. The van der Waals surface area contributed by atoms with E-state index in [2.05, 4.69) is 27.9 Å². The van der Waals surface area contributed by atoms with Crippen LogP contribution >= 0.6 is 27.3 Å². The molecule has 0 bridgehead atoms. The molecular weight excluding hydrogens is 304 g/mol. The van der Waals surface area contributed by atoms with Crippen molar-refractivity contribution in [1.82, 2.24) is 9.80 Å². The molecule has 94 valence electrons. The van der Waals surface area contributed by atoms with Gasteiger partial charge >= 0.3 is 5.97 Å². The largest absolute Gasteiger partial charge is 0.480 e. The summed E-state index contributed by atoms with van der Waals surface area (Å²) in [5.74, 6) is -0.760.